The molecule has 6 heteroatoms. The third kappa shape index (κ3) is 4.79. The molecule has 0 saturated heterocycles. The summed E-state index contributed by atoms with van der Waals surface area (Å²) in [5.41, 5.74) is 1.99. The number of nitrogens with one attached hydrogen (secondary N) is 1. The zero-order valence-corrected chi connectivity index (χ0v) is 16.6. The van der Waals surface area contributed by atoms with E-state index in [1.165, 1.54) is 0 Å². The summed E-state index contributed by atoms with van der Waals surface area (Å²) in [5.74, 6) is 0.197. The molecule has 3 nitrogen and oxygen atoms in total. The van der Waals surface area contributed by atoms with E-state index in [-0.39, 0.29) is 5.91 Å². The van der Waals surface area contributed by atoms with Gasteiger partial charge >= 0.3 is 0 Å². The number of halogens is 3. The zero-order valence-electron chi connectivity index (χ0n) is 13.5. The Labute approximate surface area is 170 Å². The van der Waals surface area contributed by atoms with Crippen LogP contribution < -0.4 is 10.1 Å². The lowest BCUT2D eigenvalue weighted by Gasteiger charge is -2.13. The molecule has 132 valence electrons. The summed E-state index contributed by atoms with van der Waals surface area (Å²) in [5, 5.41) is 3.61. The van der Waals surface area contributed by atoms with Crippen LogP contribution in [0.4, 0.5) is 5.69 Å². The van der Waals surface area contributed by atoms with Crippen molar-refractivity contribution in [2.75, 3.05) is 5.32 Å². The SMILES string of the molecule is O=C(Nc1ccc(Cl)c(Cl)c1)c1cc(Br)ccc1OCc1ccccc1. The van der Waals surface area contributed by atoms with Gasteiger partial charge < -0.3 is 10.1 Å². The van der Waals surface area contributed by atoms with E-state index in [9.17, 15) is 4.79 Å². The minimum atomic E-state index is -0.298. The van der Waals surface area contributed by atoms with Gasteiger partial charge in [0.15, 0.2) is 0 Å². The van der Waals surface area contributed by atoms with Gasteiger partial charge in [-0.3, -0.25) is 4.79 Å². The molecule has 0 bridgehead atoms. The molecule has 0 spiro atoms. The largest absolute Gasteiger partial charge is 0.488 e. The Morgan fingerprint density at radius 2 is 1.73 bits per heavy atom. The molecule has 0 unspecified atom stereocenters. The van der Waals surface area contributed by atoms with E-state index >= 15 is 0 Å². The highest BCUT2D eigenvalue weighted by atomic mass is 79.9. The van der Waals surface area contributed by atoms with Gasteiger partial charge in [0.1, 0.15) is 12.4 Å². The number of anilines is 1. The highest BCUT2D eigenvalue weighted by molar-refractivity contribution is 9.10. The van der Waals surface area contributed by atoms with E-state index < -0.39 is 0 Å². The summed E-state index contributed by atoms with van der Waals surface area (Å²) >= 11 is 15.3. The normalized spacial score (nSPS) is 10.4. The number of hydrogen-bond donors (Lipinski definition) is 1. The van der Waals surface area contributed by atoms with Crippen LogP contribution in [0.3, 0.4) is 0 Å². The number of hydrogen-bond acceptors (Lipinski definition) is 2. The first-order chi connectivity index (χ1) is 12.5. The summed E-state index contributed by atoms with van der Waals surface area (Å²) in [6.07, 6.45) is 0. The number of carbonyl (C=O) groups is 1. The molecule has 26 heavy (non-hydrogen) atoms. The molecule has 0 fully saturated rings. The Morgan fingerprint density at radius 1 is 0.962 bits per heavy atom. The number of benzene rings is 3. The van der Waals surface area contributed by atoms with Gasteiger partial charge in [-0.2, -0.15) is 0 Å². The summed E-state index contributed by atoms with van der Waals surface area (Å²) in [4.78, 5) is 12.7. The van der Waals surface area contributed by atoms with Crippen LogP contribution in [0.2, 0.25) is 10.0 Å². The summed E-state index contributed by atoms with van der Waals surface area (Å²) < 4.78 is 6.63. The third-order valence-electron chi connectivity index (χ3n) is 3.60. The predicted molar refractivity (Wildman–Crippen MR) is 109 cm³/mol. The Kier molecular flexibility index (Phi) is 6.20. The standard InChI is InChI=1S/C20H14BrCl2NO2/c21-14-6-9-19(26-12-13-4-2-1-3-5-13)16(10-14)20(25)24-15-7-8-17(22)18(23)11-15/h1-11H,12H2,(H,24,25). The van der Waals surface area contributed by atoms with Crippen LogP contribution in [-0.2, 0) is 6.61 Å². The first-order valence-corrected chi connectivity index (χ1v) is 9.30. The van der Waals surface area contributed by atoms with Crippen LogP contribution in [0.15, 0.2) is 71.2 Å². The second-order valence-electron chi connectivity index (χ2n) is 5.50. The van der Waals surface area contributed by atoms with E-state index in [0.29, 0.717) is 33.7 Å². The molecular formula is C20H14BrCl2NO2. The minimum Gasteiger partial charge on any atom is -0.488 e. The van der Waals surface area contributed by atoms with Crippen molar-refractivity contribution in [1.29, 1.82) is 0 Å². The van der Waals surface area contributed by atoms with Gasteiger partial charge in [-0.15, -0.1) is 0 Å². The fourth-order valence-electron chi connectivity index (χ4n) is 2.31. The van der Waals surface area contributed by atoms with Gasteiger partial charge in [-0.1, -0.05) is 69.5 Å². The first kappa shape index (κ1) is 18.8. The van der Waals surface area contributed by atoms with Crippen molar-refractivity contribution in [2.45, 2.75) is 6.61 Å². The molecule has 0 aliphatic rings. The quantitative estimate of drug-likeness (QED) is 0.476. The van der Waals surface area contributed by atoms with Crippen molar-refractivity contribution < 1.29 is 9.53 Å². The molecule has 0 atom stereocenters. The highest BCUT2D eigenvalue weighted by Gasteiger charge is 2.14. The number of carbonyl (C=O) groups excluding carboxylic acids is 1. The first-order valence-electron chi connectivity index (χ1n) is 7.75. The zero-order chi connectivity index (χ0) is 18.5. The molecule has 3 rings (SSSR count). The lowest BCUT2D eigenvalue weighted by atomic mass is 10.1. The molecule has 0 aliphatic carbocycles. The van der Waals surface area contributed by atoms with Crippen LogP contribution in [0.1, 0.15) is 15.9 Å². The molecule has 0 radical (unpaired) electrons. The summed E-state index contributed by atoms with van der Waals surface area (Å²) in [7, 11) is 0. The van der Waals surface area contributed by atoms with Crippen LogP contribution in [0.5, 0.6) is 5.75 Å². The summed E-state index contributed by atoms with van der Waals surface area (Å²) in [6, 6.07) is 20.0. The molecule has 0 aromatic heterocycles. The lowest BCUT2D eigenvalue weighted by Crippen LogP contribution is -2.14. The van der Waals surface area contributed by atoms with Crippen molar-refractivity contribution in [3.8, 4) is 5.75 Å². The predicted octanol–water partition coefficient (Wildman–Crippen LogP) is 6.59. The average Bonchev–Trinajstić information content (AvgIpc) is 2.64. The van der Waals surface area contributed by atoms with E-state index in [4.69, 9.17) is 27.9 Å². The van der Waals surface area contributed by atoms with E-state index in [1.807, 2.05) is 36.4 Å². The summed E-state index contributed by atoms with van der Waals surface area (Å²) in [6.45, 7) is 0.371. The monoisotopic (exact) mass is 449 g/mol. The maximum Gasteiger partial charge on any atom is 0.259 e. The Balaban J connectivity index is 1.80. The van der Waals surface area contributed by atoms with E-state index in [1.54, 1.807) is 30.3 Å². The Bertz CT molecular complexity index is 932. The van der Waals surface area contributed by atoms with E-state index in [2.05, 4.69) is 21.2 Å². The van der Waals surface area contributed by atoms with Crippen LogP contribution in [-0.4, -0.2) is 5.91 Å². The molecule has 0 saturated carbocycles. The second-order valence-corrected chi connectivity index (χ2v) is 7.23. The van der Waals surface area contributed by atoms with Crippen LogP contribution in [0.25, 0.3) is 0 Å². The highest BCUT2D eigenvalue weighted by Crippen LogP contribution is 2.28. The maximum absolute atomic E-state index is 12.7. The molecular weight excluding hydrogens is 437 g/mol. The molecule has 1 N–H and O–H groups in total. The van der Waals surface area contributed by atoms with Crippen molar-refractivity contribution >= 4 is 50.7 Å². The average molecular weight is 451 g/mol. The fraction of sp³-hybridized carbons (Fsp3) is 0.0500. The van der Waals surface area contributed by atoms with E-state index in [0.717, 1.165) is 10.0 Å². The third-order valence-corrected chi connectivity index (χ3v) is 4.83. The van der Waals surface area contributed by atoms with Gasteiger partial charge in [0.25, 0.3) is 5.91 Å². The van der Waals surface area contributed by atoms with Crippen molar-refractivity contribution in [3.63, 3.8) is 0 Å². The fourth-order valence-corrected chi connectivity index (χ4v) is 2.97. The van der Waals surface area contributed by atoms with Gasteiger partial charge in [-0.05, 0) is 42.0 Å². The van der Waals surface area contributed by atoms with Crippen molar-refractivity contribution in [2.24, 2.45) is 0 Å². The van der Waals surface area contributed by atoms with Crippen LogP contribution >= 0.6 is 39.1 Å². The molecule has 1 amide bonds. The minimum absolute atomic E-state index is 0.298. The smallest absolute Gasteiger partial charge is 0.259 e. The molecule has 3 aromatic carbocycles. The number of ether oxygens (including phenoxy) is 1. The van der Waals surface area contributed by atoms with Gasteiger partial charge in [-0.25, -0.2) is 0 Å². The molecule has 0 aliphatic heterocycles. The lowest BCUT2D eigenvalue weighted by molar-refractivity contribution is 0.102. The number of amides is 1. The Hall–Kier alpha value is -2.01. The van der Waals surface area contributed by atoms with Crippen molar-refractivity contribution in [3.05, 3.63) is 92.4 Å². The molecule has 3 aromatic rings. The van der Waals surface area contributed by atoms with Crippen molar-refractivity contribution in [1.82, 2.24) is 0 Å². The van der Waals surface area contributed by atoms with Gasteiger partial charge in [0.2, 0.25) is 0 Å². The maximum atomic E-state index is 12.7. The topological polar surface area (TPSA) is 38.3 Å². The van der Waals surface area contributed by atoms with Gasteiger partial charge in [0, 0.05) is 10.2 Å². The Morgan fingerprint density at radius 3 is 2.46 bits per heavy atom. The number of rotatable bonds is 5. The second kappa shape index (κ2) is 8.58. The van der Waals surface area contributed by atoms with Crippen LogP contribution in [0, 0.1) is 0 Å². The van der Waals surface area contributed by atoms with Gasteiger partial charge in [0.05, 0.1) is 15.6 Å². The molecule has 0 heterocycles.